The fourth-order valence-electron chi connectivity index (χ4n) is 3.35. The topological polar surface area (TPSA) is 111 Å². The summed E-state index contributed by atoms with van der Waals surface area (Å²) < 4.78 is 44.2. The molecular weight excluding hydrogens is 424 g/mol. The van der Waals surface area contributed by atoms with Crippen molar-refractivity contribution in [1.82, 2.24) is 9.62 Å². The highest BCUT2D eigenvalue weighted by Gasteiger charge is 2.31. The number of carbonyl (C=O) groups is 2. The Morgan fingerprint density at radius 1 is 1.03 bits per heavy atom. The van der Waals surface area contributed by atoms with Crippen molar-refractivity contribution in [3.05, 3.63) is 18.2 Å². The molecule has 1 aromatic rings. The molecule has 1 unspecified atom stereocenters. The van der Waals surface area contributed by atoms with Gasteiger partial charge in [-0.3, -0.25) is 9.59 Å². The van der Waals surface area contributed by atoms with Crippen LogP contribution in [0.1, 0.15) is 41.5 Å². The van der Waals surface area contributed by atoms with Gasteiger partial charge in [0.2, 0.25) is 10.0 Å². The molecule has 0 aromatic heterocycles. The van der Waals surface area contributed by atoms with Crippen LogP contribution in [0, 0.1) is 5.92 Å². The zero-order chi connectivity index (χ0) is 23.3. The fourth-order valence-corrected chi connectivity index (χ4v) is 4.70. The first-order chi connectivity index (χ1) is 14.4. The number of carbonyl (C=O) groups excluding carboxylic acids is 2. The first-order valence-electron chi connectivity index (χ1n) is 10.3. The van der Waals surface area contributed by atoms with E-state index in [2.05, 4.69) is 4.72 Å². The summed E-state index contributed by atoms with van der Waals surface area (Å²) in [5.74, 6) is -0.761. The third kappa shape index (κ3) is 6.33. The van der Waals surface area contributed by atoms with E-state index in [1.165, 1.54) is 18.2 Å². The lowest BCUT2D eigenvalue weighted by Crippen LogP contribution is -2.48. The highest BCUT2D eigenvalue weighted by atomic mass is 32.2. The average molecular weight is 457 g/mol. The van der Waals surface area contributed by atoms with Gasteiger partial charge in [-0.15, -0.1) is 0 Å². The summed E-state index contributed by atoms with van der Waals surface area (Å²) in [6.45, 7) is 11.1. The number of amides is 1. The second-order valence-electron chi connectivity index (χ2n) is 8.24. The van der Waals surface area contributed by atoms with Gasteiger partial charge in [0.25, 0.3) is 5.91 Å². The third-order valence-corrected chi connectivity index (χ3v) is 6.20. The molecule has 0 aliphatic carbocycles. The molecule has 1 atom stereocenters. The van der Waals surface area contributed by atoms with E-state index in [0.717, 1.165) is 0 Å². The molecule has 10 heteroatoms. The van der Waals surface area contributed by atoms with Crippen molar-refractivity contribution in [1.29, 1.82) is 0 Å². The zero-order valence-electron chi connectivity index (χ0n) is 18.9. The van der Waals surface area contributed by atoms with Crippen molar-refractivity contribution in [2.24, 2.45) is 5.92 Å². The number of sulfonamides is 1. The van der Waals surface area contributed by atoms with E-state index < -0.39 is 34.6 Å². The molecule has 0 fully saturated rings. The van der Waals surface area contributed by atoms with Crippen LogP contribution in [0.25, 0.3) is 0 Å². The van der Waals surface area contributed by atoms with Crippen LogP contribution in [-0.2, 0) is 24.3 Å². The van der Waals surface area contributed by atoms with Gasteiger partial charge < -0.3 is 19.1 Å². The van der Waals surface area contributed by atoms with Crippen molar-refractivity contribution in [2.75, 3.05) is 19.8 Å². The molecule has 31 heavy (non-hydrogen) atoms. The second-order valence-corrected chi connectivity index (χ2v) is 9.96. The summed E-state index contributed by atoms with van der Waals surface area (Å²) in [7, 11) is -4.05. The molecule has 2 rings (SSSR count). The average Bonchev–Trinajstić information content (AvgIpc) is 2.69. The molecule has 1 aliphatic rings. The first-order valence-corrected chi connectivity index (χ1v) is 11.8. The summed E-state index contributed by atoms with van der Waals surface area (Å²) in [5, 5.41) is 0. The Bertz CT molecular complexity index is 889. The van der Waals surface area contributed by atoms with E-state index >= 15 is 0 Å². The number of nitrogens with zero attached hydrogens (tertiary/aromatic N) is 1. The molecule has 0 saturated heterocycles. The maximum absolute atomic E-state index is 12.9. The van der Waals surface area contributed by atoms with Gasteiger partial charge in [-0.2, -0.15) is 4.72 Å². The number of hydrogen-bond acceptors (Lipinski definition) is 7. The Morgan fingerprint density at radius 3 is 2.16 bits per heavy atom. The van der Waals surface area contributed by atoms with E-state index in [1.54, 1.807) is 18.7 Å². The standard InChI is InChI=1S/C21H32N2O7S/c1-13(2)20(21(25)30-12-19(24)23(14(3)4)15(5)6)22-31(26,27)16-7-8-17-18(11-16)29-10-9-28-17/h7-8,11,13-15,20,22H,9-10,12H2,1-6H3. The van der Waals surface area contributed by atoms with Gasteiger partial charge >= 0.3 is 5.97 Å². The van der Waals surface area contributed by atoms with Gasteiger partial charge in [0.15, 0.2) is 18.1 Å². The molecule has 1 heterocycles. The van der Waals surface area contributed by atoms with Crippen molar-refractivity contribution in [2.45, 2.75) is 64.6 Å². The molecule has 174 valence electrons. The van der Waals surface area contributed by atoms with Crippen LogP contribution in [0.2, 0.25) is 0 Å². The number of fused-ring (bicyclic) bond motifs is 1. The van der Waals surface area contributed by atoms with Crippen LogP contribution in [0.15, 0.2) is 23.1 Å². The van der Waals surface area contributed by atoms with E-state index in [-0.39, 0.29) is 22.9 Å². The highest BCUT2D eigenvalue weighted by Crippen LogP contribution is 2.32. The Hall–Kier alpha value is -2.33. The van der Waals surface area contributed by atoms with Crippen molar-refractivity contribution >= 4 is 21.9 Å². The SMILES string of the molecule is CC(C)C(NS(=O)(=O)c1ccc2c(c1)OCCO2)C(=O)OCC(=O)N(C(C)C)C(C)C. The lowest BCUT2D eigenvalue weighted by Gasteiger charge is -2.30. The Labute approximate surface area is 184 Å². The van der Waals surface area contributed by atoms with Gasteiger partial charge in [-0.25, -0.2) is 8.42 Å². The molecule has 1 aliphatic heterocycles. The summed E-state index contributed by atoms with van der Waals surface area (Å²) in [4.78, 5) is 26.6. The van der Waals surface area contributed by atoms with Gasteiger partial charge in [0, 0.05) is 18.2 Å². The van der Waals surface area contributed by atoms with Crippen LogP contribution in [0.4, 0.5) is 0 Å². The fraction of sp³-hybridized carbons (Fsp3) is 0.619. The van der Waals surface area contributed by atoms with Crippen LogP contribution in [0.5, 0.6) is 11.5 Å². The van der Waals surface area contributed by atoms with Crippen LogP contribution in [-0.4, -0.2) is 63.1 Å². The molecule has 0 saturated carbocycles. The van der Waals surface area contributed by atoms with Crippen molar-refractivity contribution in [3.8, 4) is 11.5 Å². The quantitative estimate of drug-likeness (QED) is 0.565. The number of esters is 1. The predicted octanol–water partition coefficient (Wildman–Crippen LogP) is 1.95. The van der Waals surface area contributed by atoms with Crippen LogP contribution >= 0.6 is 0 Å². The number of benzene rings is 1. The van der Waals surface area contributed by atoms with E-state index in [0.29, 0.717) is 24.7 Å². The smallest absolute Gasteiger partial charge is 0.324 e. The summed E-state index contributed by atoms with van der Waals surface area (Å²) in [5.41, 5.74) is 0. The normalized spacial score (nSPS) is 14.6. The monoisotopic (exact) mass is 456 g/mol. The maximum atomic E-state index is 12.9. The molecule has 1 aromatic carbocycles. The Kier molecular flexibility index (Phi) is 8.30. The number of rotatable bonds is 9. The van der Waals surface area contributed by atoms with Crippen molar-refractivity contribution in [3.63, 3.8) is 0 Å². The Morgan fingerprint density at radius 2 is 1.61 bits per heavy atom. The van der Waals surface area contributed by atoms with Gasteiger partial charge in [0.05, 0.1) is 4.90 Å². The molecule has 0 spiro atoms. The van der Waals surface area contributed by atoms with Gasteiger partial charge in [-0.05, 0) is 45.7 Å². The largest absolute Gasteiger partial charge is 0.486 e. The van der Waals surface area contributed by atoms with E-state index in [9.17, 15) is 18.0 Å². The molecule has 1 amide bonds. The molecule has 0 bridgehead atoms. The summed E-state index contributed by atoms with van der Waals surface area (Å²) in [6.07, 6.45) is 0. The van der Waals surface area contributed by atoms with Crippen LogP contribution < -0.4 is 14.2 Å². The maximum Gasteiger partial charge on any atom is 0.324 e. The second kappa shape index (κ2) is 10.3. The molecular formula is C21H32N2O7S. The number of nitrogens with one attached hydrogen (secondary N) is 1. The number of hydrogen-bond donors (Lipinski definition) is 1. The minimum atomic E-state index is -4.05. The first kappa shape index (κ1) is 24.9. The molecule has 1 N–H and O–H groups in total. The number of ether oxygens (including phenoxy) is 3. The summed E-state index contributed by atoms with van der Waals surface area (Å²) >= 11 is 0. The van der Waals surface area contributed by atoms with E-state index in [4.69, 9.17) is 14.2 Å². The third-order valence-electron chi connectivity index (χ3n) is 4.77. The lowest BCUT2D eigenvalue weighted by molar-refractivity contribution is -0.155. The minimum Gasteiger partial charge on any atom is -0.486 e. The molecule has 9 nitrogen and oxygen atoms in total. The van der Waals surface area contributed by atoms with Crippen LogP contribution in [0.3, 0.4) is 0 Å². The zero-order valence-corrected chi connectivity index (χ0v) is 19.7. The summed E-state index contributed by atoms with van der Waals surface area (Å²) in [6, 6.07) is 2.98. The van der Waals surface area contributed by atoms with E-state index in [1.807, 2.05) is 27.7 Å². The predicted molar refractivity (Wildman–Crippen MR) is 114 cm³/mol. The highest BCUT2D eigenvalue weighted by molar-refractivity contribution is 7.89. The van der Waals surface area contributed by atoms with Gasteiger partial charge in [0.1, 0.15) is 19.3 Å². The lowest BCUT2D eigenvalue weighted by atomic mass is 10.1. The van der Waals surface area contributed by atoms with Crippen molar-refractivity contribution < 1.29 is 32.2 Å². The molecule has 0 radical (unpaired) electrons. The minimum absolute atomic E-state index is 0.0548. The van der Waals surface area contributed by atoms with Gasteiger partial charge in [-0.1, -0.05) is 13.8 Å². The Balaban J connectivity index is 2.11.